The van der Waals surface area contributed by atoms with Gasteiger partial charge in [0.25, 0.3) is 0 Å². The second-order valence-corrected chi connectivity index (χ2v) is 9.15. The predicted molar refractivity (Wildman–Crippen MR) is 113 cm³/mol. The van der Waals surface area contributed by atoms with Crippen molar-refractivity contribution in [3.8, 4) is 0 Å². The molecule has 0 unspecified atom stereocenters. The predicted octanol–water partition coefficient (Wildman–Crippen LogP) is -2.16. The van der Waals surface area contributed by atoms with Crippen molar-refractivity contribution in [1.82, 2.24) is 0 Å². The Morgan fingerprint density at radius 3 is 1.12 bits per heavy atom. The second kappa shape index (κ2) is 12.4. The maximum absolute atomic E-state index is 11.1. The molecule has 0 saturated carbocycles. The van der Waals surface area contributed by atoms with Crippen LogP contribution in [0.5, 0.6) is 0 Å². The first-order valence-corrected chi connectivity index (χ1v) is 11.5. The summed E-state index contributed by atoms with van der Waals surface area (Å²) in [6.07, 6.45) is 6.97. The Balaban J connectivity index is 0.00000256. The molecule has 3 aromatic rings. The molecule has 0 heterocycles. The fraction of sp³-hybridized carbons (Fsp3) is 0. The van der Waals surface area contributed by atoms with Crippen LogP contribution in [0.2, 0.25) is 0 Å². The molecule has 154 valence electrons. The van der Waals surface area contributed by atoms with Gasteiger partial charge in [-0.3, -0.25) is 0 Å². The molecule has 0 saturated heterocycles. The van der Waals surface area contributed by atoms with Crippen LogP contribution in [0.3, 0.4) is 0 Å². The van der Waals surface area contributed by atoms with Crippen molar-refractivity contribution >= 4 is 44.5 Å². The van der Waals surface area contributed by atoms with Crippen molar-refractivity contribution in [3.63, 3.8) is 0 Å². The Kier molecular flexibility index (Phi) is 11.3. The van der Waals surface area contributed by atoms with Crippen LogP contribution in [0.4, 0.5) is 0 Å². The Morgan fingerprint density at radius 1 is 0.500 bits per heavy atom. The van der Waals surface area contributed by atoms with Gasteiger partial charge in [0, 0.05) is 0 Å². The van der Waals surface area contributed by atoms with Gasteiger partial charge in [-0.25, -0.2) is 16.8 Å². The minimum Gasteiger partial charge on any atom is -0.744 e. The van der Waals surface area contributed by atoms with Crippen molar-refractivity contribution in [1.29, 1.82) is 0 Å². The molecule has 0 aliphatic carbocycles. The summed E-state index contributed by atoms with van der Waals surface area (Å²) in [6, 6.07) is 18.9. The topological polar surface area (TPSA) is 114 Å². The Hall–Kier alpha value is -1.04. The molecule has 6 nitrogen and oxygen atoms in total. The monoisotopic (exact) mass is 486 g/mol. The van der Waals surface area contributed by atoms with Crippen LogP contribution in [0.25, 0.3) is 24.3 Å². The Morgan fingerprint density at radius 2 is 0.812 bits per heavy atom. The van der Waals surface area contributed by atoms with Crippen molar-refractivity contribution < 1.29 is 85.1 Å². The third kappa shape index (κ3) is 8.72. The van der Waals surface area contributed by atoms with Gasteiger partial charge in [-0.05, 0) is 46.5 Å². The molecule has 0 spiro atoms. The van der Waals surface area contributed by atoms with E-state index in [9.17, 15) is 25.9 Å². The zero-order chi connectivity index (χ0) is 21.8. The van der Waals surface area contributed by atoms with Crippen LogP contribution in [0, 0.1) is 0 Å². The van der Waals surface area contributed by atoms with Crippen LogP contribution in [0.15, 0.2) is 82.6 Å². The second-order valence-electron chi connectivity index (χ2n) is 6.39. The summed E-state index contributed by atoms with van der Waals surface area (Å²) >= 11 is 0. The molecule has 3 rings (SSSR count). The average molecular weight is 486 g/mol. The van der Waals surface area contributed by atoms with E-state index in [0.29, 0.717) is 11.1 Å². The molecule has 0 bridgehead atoms. The fourth-order valence-electron chi connectivity index (χ4n) is 2.65. The maximum Gasteiger partial charge on any atom is 1.00 e. The fourth-order valence-corrected chi connectivity index (χ4v) is 3.70. The summed E-state index contributed by atoms with van der Waals surface area (Å²) in [6.45, 7) is 0. The molecule has 0 radical (unpaired) electrons. The Bertz CT molecular complexity index is 1230. The first-order valence-electron chi connectivity index (χ1n) is 8.69. The SMILES string of the molecule is O=S(=O)([O-])c1cccc(/C=C/c2ccc(/C=C/c3cccc(S(=O)(=O)[O-])c3)cc2)c1.[Na+].[Na+]. The van der Waals surface area contributed by atoms with E-state index in [0.717, 1.165) is 11.1 Å². The van der Waals surface area contributed by atoms with E-state index < -0.39 is 20.2 Å². The van der Waals surface area contributed by atoms with E-state index in [-0.39, 0.29) is 68.9 Å². The zero-order valence-electron chi connectivity index (χ0n) is 17.5. The minimum absolute atomic E-state index is 0. The maximum atomic E-state index is 11.1. The molecule has 0 atom stereocenters. The van der Waals surface area contributed by atoms with Gasteiger partial charge in [-0.1, -0.05) is 72.8 Å². The smallest absolute Gasteiger partial charge is 0.744 e. The van der Waals surface area contributed by atoms with Crippen molar-refractivity contribution in [2.24, 2.45) is 0 Å². The minimum atomic E-state index is -4.50. The molecule has 3 aromatic carbocycles. The number of hydrogen-bond acceptors (Lipinski definition) is 6. The van der Waals surface area contributed by atoms with Gasteiger partial charge in [-0.15, -0.1) is 0 Å². The number of hydrogen-bond donors (Lipinski definition) is 0. The van der Waals surface area contributed by atoms with Crippen LogP contribution in [-0.2, 0) is 20.2 Å². The molecule has 32 heavy (non-hydrogen) atoms. The standard InChI is InChI=1S/C22H18O6S2.2Na/c23-29(24,25)21-5-1-3-19(15-21)13-11-17-7-9-18(10-8-17)12-14-20-4-2-6-22(16-20)30(26,27)28;;/h1-16H,(H,23,24,25)(H,26,27,28);;/q;2*+1/p-2/b13-11+,14-12+;;. The van der Waals surface area contributed by atoms with Crippen molar-refractivity contribution in [2.45, 2.75) is 9.79 Å². The molecule has 10 heteroatoms. The van der Waals surface area contributed by atoms with Gasteiger partial charge in [0.2, 0.25) is 0 Å². The van der Waals surface area contributed by atoms with Gasteiger partial charge >= 0.3 is 59.1 Å². The van der Waals surface area contributed by atoms with Crippen LogP contribution >= 0.6 is 0 Å². The van der Waals surface area contributed by atoms with E-state index in [1.54, 1.807) is 36.4 Å². The normalized spacial score (nSPS) is 11.8. The van der Waals surface area contributed by atoms with Gasteiger partial charge in [-0.2, -0.15) is 0 Å². The first-order chi connectivity index (χ1) is 14.1. The van der Waals surface area contributed by atoms with Crippen molar-refractivity contribution in [2.75, 3.05) is 0 Å². The molecule has 0 aromatic heterocycles. The van der Waals surface area contributed by atoms with Gasteiger partial charge in [0.1, 0.15) is 20.2 Å². The van der Waals surface area contributed by atoms with E-state index >= 15 is 0 Å². The van der Waals surface area contributed by atoms with Gasteiger partial charge in [0.15, 0.2) is 0 Å². The number of rotatable bonds is 6. The summed E-state index contributed by atoms with van der Waals surface area (Å²) in [4.78, 5) is -0.557. The van der Waals surface area contributed by atoms with Gasteiger partial charge in [0.05, 0.1) is 9.79 Å². The molecule has 0 aliphatic heterocycles. The van der Waals surface area contributed by atoms with E-state index in [2.05, 4.69) is 0 Å². The van der Waals surface area contributed by atoms with Gasteiger partial charge < -0.3 is 9.11 Å². The first kappa shape index (κ1) is 29.0. The quantitative estimate of drug-likeness (QED) is 0.223. The number of benzene rings is 3. The van der Waals surface area contributed by atoms with Crippen LogP contribution in [-0.4, -0.2) is 25.9 Å². The summed E-state index contributed by atoms with van der Waals surface area (Å²) < 4.78 is 66.6. The van der Waals surface area contributed by atoms with Crippen LogP contribution in [0.1, 0.15) is 22.3 Å². The average Bonchev–Trinajstić information content (AvgIpc) is 2.71. The molecule has 0 N–H and O–H groups in total. The van der Waals surface area contributed by atoms with Crippen molar-refractivity contribution in [3.05, 3.63) is 95.1 Å². The van der Waals surface area contributed by atoms with Crippen LogP contribution < -0.4 is 59.1 Å². The Labute approximate surface area is 232 Å². The largest absolute Gasteiger partial charge is 1.00 e. The third-order valence-corrected chi connectivity index (χ3v) is 5.83. The molecule has 0 fully saturated rings. The molecular formula is C22H16Na2O6S2. The van der Waals surface area contributed by atoms with E-state index in [4.69, 9.17) is 0 Å². The summed E-state index contributed by atoms with van der Waals surface area (Å²) in [5.41, 5.74) is 2.90. The molecule has 0 aliphatic rings. The molecular weight excluding hydrogens is 470 g/mol. The third-order valence-electron chi connectivity index (χ3n) is 4.17. The van der Waals surface area contributed by atoms with E-state index in [1.807, 2.05) is 24.3 Å². The molecule has 0 amide bonds. The van der Waals surface area contributed by atoms with E-state index in [1.165, 1.54) is 36.4 Å². The summed E-state index contributed by atoms with van der Waals surface area (Å²) in [5, 5.41) is 0. The zero-order valence-corrected chi connectivity index (χ0v) is 23.1. The summed E-state index contributed by atoms with van der Waals surface area (Å²) in [7, 11) is -8.99. The summed E-state index contributed by atoms with van der Waals surface area (Å²) in [5.74, 6) is 0.